The molecule has 0 aliphatic heterocycles. The molecule has 0 atom stereocenters. The standard InChI is InChI=1S/C8H14ClN3S/c1-6-11-7(13-12-6)10-5-8(2,3)4-9/h4-5H2,1-3H3,(H,10,11,12). The minimum absolute atomic E-state index is 0.0983. The zero-order chi connectivity index (χ0) is 9.90. The second-order valence-corrected chi connectivity index (χ2v) is 4.82. The molecule has 1 aromatic rings. The largest absolute Gasteiger partial charge is 0.360 e. The van der Waals surface area contributed by atoms with Gasteiger partial charge in [-0.25, -0.2) is 4.98 Å². The third-order valence-electron chi connectivity index (χ3n) is 1.61. The first-order chi connectivity index (χ1) is 6.03. The number of aromatic nitrogens is 2. The number of hydrogen-bond acceptors (Lipinski definition) is 4. The van der Waals surface area contributed by atoms with Gasteiger partial charge in [-0.3, -0.25) is 0 Å². The van der Waals surface area contributed by atoms with E-state index in [1.54, 1.807) is 0 Å². The molecule has 1 aromatic heterocycles. The minimum atomic E-state index is 0.0983. The lowest BCUT2D eigenvalue weighted by molar-refractivity contribution is 0.450. The van der Waals surface area contributed by atoms with Crippen LogP contribution in [0.3, 0.4) is 0 Å². The van der Waals surface area contributed by atoms with E-state index in [1.807, 2.05) is 6.92 Å². The maximum atomic E-state index is 5.79. The topological polar surface area (TPSA) is 37.8 Å². The zero-order valence-electron chi connectivity index (χ0n) is 8.09. The van der Waals surface area contributed by atoms with Crippen molar-refractivity contribution < 1.29 is 0 Å². The number of halogens is 1. The molecule has 74 valence electrons. The molecule has 3 nitrogen and oxygen atoms in total. The molecule has 13 heavy (non-hydrogen) atoms. The summed E-state index contributed by atoms with van der Waals surface area (Å²) in [5.41, 5.74) is 0.0983. The highest BCUT2D eigenvalue weighted by molar-refractivity contribution is 7.09. The molecular weight excluding hydrogens is 206 g/mol. The summed E-state index contributed by atoms with van der Waals surface area (Å²) in [4.78, 5) is 4.20. The Labute approximate surface area is 87.7 Å². The fourth-order valence-electron chi connectivity index (χ4n) is 0.731. The zero-order valence-corrected chi connectivity index (χ0v) is 9.67. The Hall–Kier alpha value is -0.350. The van der Waals surface area contributed by atoms with Crippen LogP contribution < -0.4 is 5.32 Å². The van der Waals surface area contributed by atoms with Crippen LogP contribution in [0.4, 0.5) is 5.13 Å². The number of anilines is 1. The van der Waals surface area contributed by atoms with Crippen LogP contribution in [0.1, 0.15) is 19.7 Å². The summed E-state index contributed by atoms with van der Waals surface area (Å²) in [5.74, 6) is 1.45. The van der Waals surface area contributed by atoms with Crippen molar-refractivity contribution in [2.24, 2.45) is 5.41 Å². The average Bonchev–Trinajstić information content (AvgIpc) is 2.48. The molecule has 5 heteroatoms. The predicted molar refractivity (Wildman–Crippen MR) is 57.6 cm³/mol. The van der Waals surface area contributed by atoms with Crippen molar-refractivity contribution in [2.45, 2.75) is 20.8 Å². The molecule has 0 spiro atoms. The van der Waals surface area contributed by atoms with Gasteiger partial charge in [0.05, 0.1) is 0 Å². The second kappa shape index (κ2) is 4.24. The second-order valence-electron chi connectivity index (χ2n) is 3.80. The summed E-state index contributed by atoms with van der Waals surface area (Å²) < 4.78 is 4.08. The summed E-state index contributed by atoms with van der Waals surface area (Å²) in [6.07, 6.45) is 0. The van der Waals surface area contributed by atoms with Crippen LogP contribution in [0.15, 0.2) is 0 Å². The van der Waals surface area contributed by atoms with Crippen LogP contribution in [0, 0.1) is 12.3 Å². The lowest BCUT2D eigenvalue weighted by Gasteiger charge is -2.20. The Balaban J connectivity index is 2.43. The molecule has 0 saturated carbocycles. The summed E-state index contributed by atoms with van der Waals surface area (Å²) >= 11 is 7.18. The number of nitrogens with one attached hydrogen (secondary N) is 1. The van der Waals surface area contributed by atoms with Crippen molar-refractivity contribution in [3.63, 3.8) is 0 Å². The van der Waals surface area contributed by atoms with E-state index in [9.17, 15) is 0 Å². The van der Waals surface area contributed by atoms with E-state index in [4.69, 9.17) is 11.6 Å². The number of hydrogen-bond donors (Lipinski definition) is 1. The predicted octanol–water partition coefficient (Wildman–Crippen LogP) is 2.52. The monoisotopic (exact) mass is 219 g/mol. The fraction of sp³-hybridized carbons (Fsp3) is 0.750. The minimum Gasteiger partial charge on any atom is -0.360 e. The molecule has 1 N–H and O–H groups in total. The smallest absolute Gasteiger partial charge is 0.202 e. The van der Waals surface area contributed by atoms with Gasteiger partial charge in [0.2, 0.25) is 5.13 Å². The average molecular weight is 220 g/mol. The summed E-state index contributed by atoms with van der Waals surface area (Å²) in [7, 11) is 0. The van der Waals surface area contributed by atoms with Crippen LogP contribution in [0.25, 0.3) is 0 Å². The number of aryl methyl sites for hydroxylation is 1. The van der Waals surface area contributed by atoms with E-state index in [2.05, 4.69) is 28.5 Å². The highest BCUT2D eigenvalue weighted by atomic mass is 35.5. The van der Waals surface area contributed by atoms with Gasteiger partial charge in [-0.2, -0.15) is 4.37 Å². The van der Waals surface area contributed by atoms with Crippen LogP contribution in [-0.4, -0.2) is 21.8 Å². The van der Waals surface area contributed by atoms with Crippen LogP contribution in [0.5, 0.6) is 0 Å². The Morgan fingerprint density at radius 1 is 1.54 bits per heavy atom. The van der Waals surface area contributed by atoms with Crippen molar-refractivity contribution in [3.05, 3.63) is 5.82 Å². The molecule has 1 heterocycles. The molecule has 0 fully saturated rings. The first-order valence-electron chi connectivity index (χ1n) is 4.14. The summed E-state index contributed by atoms with van der Waals surface area (Å²) in [5, 5.41) is 4.09. The Kier molecular flexibility index (Phi) is 3.50. The third kappa shape index (κ3) is 3.48. The number of alkyl halides is 1. The molecule has 0 bridgehead atoms. The van der Waals surface area contributed by atoms with E-state index in [-0.39, 0.29) is 5.41 Å². The third-order valence-corrected chi connectivity index (χ3v) is 3.10. The molecule has 0 amide bonds. The van der Waals surface area contributed by atoms with E-state index in [0.717, 1.165) is 17.5 Å². The highest BCUT2D eigenvalue weighted by Gasteiger charge is 2.16. The SMILES string of the molecule is Cc1nsc(NCC(C)(C)CCl)n1. The van der Waals surface area contributed by atoms with Gasteiger partial charge in [-0.15, -0.1) is 11.6 Å². The van der Waals surface area contributed by atoms with E-state index >= 15 is 0 Å². The molecule has 0 aliphatic carbocycles. The van der Waals surface area contributed by atoms with Gasteiger partial charge in [-0.05, 0) is 12.3 Å². The molecule has 0 saturated heterocycles. The number of nitrogens with zero attached hydrogens (tertiary/aromatic N) is 2. The quantitative estimate of drug-likeness (QED) is 0.791. The molecular formula is C8H14ClN3S. The molecule has 0 unspecified atom stereocenters. The number of rotatable bonds is 4. The van der Waals surface area contributed by atoms with Crippen molar-refractivity contribution in [1.82, 2.24) is 9.36 Å². The van der Waals surface area contributed by atoms with Gasteiger partial charge >= 0.3 is 0 Å². The first kappa shape index (κ1) is 10.7. The van der Waals surface area contributed by atoms with Gasteiger partial charge in [0.25, 0.3) is 0 Å². The van der Waals surface area contributed by atoms with Gasteiger partial charge in [-0.1, -0.05) is 13.8 Å². The Morgan fingerprint density at radius 2 is 2.23 bits per heavy atom. The van der Waals surface area contributed by atoms with Crippen molar-refractivity contribution in [1.29, 1.82) is 0 Å². The van der Waals surface area contributed by atoms with Gasteiger partial charge in [0.1, 0.15) is 5.82 Å². The van der Waals surface area contributed by atoms with Gasteiger partial charge < -0.3 is 5.32 Å². The Bertz CT molecular complexity index is 272. The van der Waals surface area contributed by atoms with Crippen LogP contribution in [-0.2, 0) is 0 Å². The molecule has 0 aromatic carbocycles. The van der Waals surface area contributed by atoms with Crippen molar-refractivity contribution in [3.8, 4) is 0 Å². The van der Waals surface area contributed by atoms with Gasteiger partial charge in [0, 0.05) is 24.0 Å². The van der Waals surface area contributed by atoms with Crippen LogP contribution >= 0.6 is 23.1 Å². The van der Waals surface area contributed by atoms with E-state index in [0.29, 0.717) is 5.88 Å². The molecule has 0 radical (unpaired) electrons. The lowest BCUT2D eigenvalue weighted by atomic mass is 9.97. The maximum Gasteiger partial charge on any atom is 0.202 e. The Morgan fingerprint density at radius 3 is 2.69 bits per heavy atom. The normalized spacial score (nSPS) is 11.7. The van der Waals surface area contributed by atoms with Crippen LogP contribution in [0.2, 0.25) is 0 Å². The highest BCUT2D eigenvalue weighted by Crippen LogP contribution is 2.19. The van der Waals surface area contributed by atoms with Crippen molar-refractivity contribution >= 4 is 28.3 Å². The summed E-state index contributed by atoms with van der Waals surface area (Å²) in [6, 6.07) is 0. The molecule has 1 rings (SSSR count). The summed E-state index contributed by atoms with van der Waals surface area (Å²) in [6.45, 7) is 6.93. The van der Waals surface area contributed by atoms with E-state index < -0.39 is 0 Å². The lowest BCUT2D eigenvalue weighted by Crippen LogP contribution is -2.24. The van der Waals surface area contributed by atoms with Gasteiger partial charge in [0.15, 0.2) is 0 Å². The fourth-order valence-corrected chi connectivity index (χ4v) is 1.39. The molecule has 0 aliphatic rings. The maximum absolute atomic E-state index is 5.79. The van der Waals surface area contributed by atoms with Crippen molar-refractivity contribution in [2.75, 3.05) is 17.7 Å². The van der Waals surface area contributed by atoms with E-state index in [1.165, 1.54) is 11.5 Å². The first-order valence-corrected chi connectivity index (χ1v) is 5.44.